The number of hydrogen-bond donors (Lipinski definition) is 1. The summed E-state index contributed by atoms with van der Waals surface area (Å²) in [5, 5.41) is 9.35. The zero-order valence-corrected chi connectivity index (χ0v) is 10.0. The molecule has 3 aromatic rings. The number of hydrogen-bond acceptors (Lipinski definition) is 3. The topological polar surface area (TPSA) is 50.9 Å². The second kappa shape index (κ2) is 4.14. The van der Waals surface area contributed by atoms with Gasteiger partial charge in [-0.25, -0.2) is 9.97 Å². The molecule has 1 aromatic carbocycles. The molecule has 1 N–H and O–H groups in total. The van der Waals surface area contributed by atoms with Gasteiger partial charge in [0.2, 0.25) is 0 Å². The number of pyridine rings is 1. The first-order chi connectivity index (χ1) is 8.79. The lowest BCUT2D eigenvalue weighted by molar-refractivity contribution is 0.475. The molecule has 2 heterocycles. The molecule has 3 rings (SSSR count). The van der Waals surface area contributed by atoms with E-state index in [2.05, 4.69) is 16.9 Å². The summed E-state index contributed by atoms with van der Waals surface area (Å²) < 4.78 is 2.02. The van der Waals surface area contributed by atoms with Crippen LogP contribution in [0.3, 0.4) is 0 Å². The van der Waals surface area contributed by atoms with Crippen molar-refractivity contribution in [1.29, 1.82) is 0 Å². The summed E-state index contributed by atoms with van der Waals surface area (Å²) in [6.07, 6.45) is 2.59. The van der Waals surface area contributed by atoms with Crippen LogP contribution < -0.4 is 0 Å². The van der Waals surface area contributed by atoms with Crippen LogP contribution in [-0.2, 0) is 6.42 Å². The zero-order valence-electron chi connectivity index (χ0n) is 10.0. The fourth-order valence-corrected chi connectivity index (χ4v) is 2.07. The SMILES string of the molecule is CCc1nc2cccnc2n1-c1ccc(O)cc1. The molecule has 18 heavy (non-hydrogen) atoms. The molecule has 0 saturated heterocycles. The van der Waals surface area contributed by atoms with Gasteiger partial charge in [-0.1, -0.05) is 6.92 Å². The Hall–Kier alpha value is -2.36. The van der Waals surface area contributed by atoms with Crippen LogP contribution in [0, 0.1) is 0 Å². The molecule has 0 amide bonds. The van der Waals surface area contributed by atoms with Crippen LogP contribution in [0.2, 0.25) is 0 Å². The van der Waals surface area contributed by atoms with Gasteiger partial charge in [0.05, 0.1) is 0 Å². The number of phenolic OH excluding ortho intramolecular Hbond substituents is 1. The fourth-order valence-electron chi connectivity index (χ4n) is 2.07. The van der Waals surface area contributed by atoms with Crippen LogP contribution in [0.15, 0.2) is 42.6 Å². The molecular weight excluding hydrogens is 226 g/mol. The number of aromatic nitrogens is 3. The van der Waals surface area contributed by atoms with Gasteiger partial charge in [0.25, 0.3) is 0 Å². The summed E-state index contributed by atoms with van der Waals surface area (Å²) in [4.78, 5) is 8.95. The molecule has 0 saturated carbocycles. The van der Waals surface area contributed by atoms with E-state index in [9.17, 15) is 5.11 Å². The van der Waals surface area contributed by atoms with E-state index in [1.807, 2.05) is 28.8 Å². The average molecular weight is 239 g/mol. The van der Waals surface area contributed by atoms with Crippen LogP contribution in [0.25, 0.3) is 16.9 Å². The zero-order chi connectivity index (χ0) is 12.5. The van der Waals surface area contributed by atoms with E-state index in [0.717, 1.165) is 29.1 Å². The standard InChI is InChI=1S/C14H13N3O/c1-2-13-16-12-4-3-9-15-14(12)17(13)10-5-7-11(18)8-6-10/h3-9,18H,2H2,1H3. The molecule has 0 unspecified atom stereocenters. The van der Waals surface area contributed by atoms with Gasteiger partial charge in [-0.3, -0.25) is 4.57 Å². The first kappa shape index (κ1) is 10.8. The van der Waals surface area contributed by atoms with E-state index in [0.29, 0.717) is 0 Å². The molecule has 90 valence electrons. The van der Waals surface area contributed by atoms with Crippen LogP contribution in [0.1, 0.15) is 12.7 Å². The highest BCUT2D eigenvalue weighted by Gasteiger charge is 2.11. The Labute approximate surface area is 105 Å². The summed E-state index contributed by atoms with van der Waals surface area (Å²) >= 11 is 0. The van der Waals surface area contributed by atoms with Crippen molar-refractivity contribution in [3.63, 3.8) is 0 Å². The first-order valence-electron chi connectivity index (χ1n) is 5.91. The molecule has 2 aromatic heterocycles. The maximum absolute atomic E-state index is 9.35. The third-order valence-electron chi connectivity index (χ3n) is 2.91. The van der Waals surface area contributed by atoms with Crippen LogP contribution in [-0.4, -0.2) is 19.6 Å². The van der Waals surface area contributed by atoms with Gasteiger partial charge < -0.3 is 5.11 Å². The minimum Gasteiger partial charge on any atom is -0.508 e. The maximum atomic E-state index is 9.35. The van der Waals surface area contributed by atoms with E-state index in [-0.39, 0.29) is 5.75 Å². The van der Waals surface area contributed by atoms with Crippen molar-refractivity contribution in [2.45, 2.75) is 13.3 Å². The van der Waals surface area contributed by atoms with Crippen molar-refractivity contribution < 1.29 is 5.11 Å². The number of aromatic hydroxyl groups is 1. The molecule has 0 radical (unpaired) electrons. The van der Waals surface area contributed by atoms with Crippen molar-refractivity contribution in [3.8, 4) is 11.4 Å². The first-order valence-corrected chi connectivity index (χ1v) is 5.91. The van der Waals surface area contributed by atoms with E-state index >= 15 is 0 Å². The normalized spacial score (nSPS) is 10.9. The smallest absolute Gasteiger partial charge is 0.164 e. The number of rotatable bonds is 2. The Morgan fingerprint density at radius 1 is 1.17 bits per heavy atom. The highest BCUT2D eigenvalue weighted by atomic mass is 16.3. The van der Waals surface area contributed by atoms with Crippen molar-refractivity contribution in [3.05, 3.63) is 48.4 Å². The molecule has 0 atom stereocenters. The summed E-state index contributed by atoms with van der Waals surface area (Å²) in [7, 11) is 0. The number of imidazole rings is 1. The highest BCUT2D eigenvalue weighted by molar-refractivity contribution is 5.73. The molecule has 4 nitrogen and oxygen atoms in total. The number of fused-ring (bicyclic) bond motifs is 1. The molecule has 0 fully saturated rings. The summed E-state index contributed by atoms with van der Waals surface area (Å²) in [5.74, 6) is 1.23. The minimum atomic E-state index is 0.258. The number of aryl methyl sites for hydroxylation is 1. The molecule has 0 bridgehead atoms. The average Bonchev–Trinajstić information content (AvgIpc) is 2.78. The van der Waals surface area contributed by atoms with Crippen molar-refractivity contribution in [2.75, 3.05) is 0 Å². The summed E-state index contributed by atoms with van der Waals surface area (Å²) in [6.45, 7) is 2.07. The van der Waals surface area contributed by atoms with Gasteiger partial charge >= 0.3 is 0 Å². The second-order valence-electron chi connectivity index (χ2n) is 4.08. The predicted octanol–water partition coefficient (Wildman–Crippen LogP) is 2.69. The van der Waals surface area contributed by atoms with Gasteiger partial charge in [-0.15, -0.1) is 0 Å². The van der Waals surface area contributed by atoms with Gasteiger partial charge in [-0.05, 0) is 36.4 Å². The number of nitrogens with zero attached hydrogens (tertiary/aromatic N) is 3. The van der Waals surface area contributed by atoms with Crippen LogP contribution in [0.4, 0.5) is 0 Å². The summed E-state index contributed by atoms with van der Waals surface area (Å²) in [6, 6.07) is 10.9. The maximum Gasteiger partial charge on any atom is 0.164 e. The Bertz CT molecular complexity index is 686. The Balaban J connectivity index is 2.29. The Morgan fingerprint density at radius 2 is 1.94 bits per heavy atom. The third kappa shape index (κ3) is 1.62. The van der Waals surface area contributed by atoms with Gasteiger partial charge in [0, 0.05) is 18.3 Å². The van der Waals surface area contributed by atoms with Gasteiger partial charge in [-0.2, -0.15) is 0 Å². The molecular formula is C14H13N3O. The van der Waals surface area contributed by atoms with Gasteiger partial charge in [0.15, 0.2) is 5.65 Å². The Kier molecular flexibility index (Phi) is 2.48. The lowest BCUT2D eigenvalue weighted by Crippen LogP contribution is -2.00. The molecule has 0 aliphatic carbocycles. The van der Waals surface area contributed by atoms with E-state index < -0.39 is 0 Å². The highest BCUT2D eigenvalue weighted by Crippen LogP contribution is 2.21. The minimum absolute atomic E-state index is 0.258. The fraction of sp³-hybridized carbons (Fsp3) is 0.143. The third-order valence-corrected chi connectivity index (χ3v) is 2.91. The Morgan fingerprint density at radius 3 is 2.67 bits per heavy atom. The van der Waals surface area contributed by atoms with Crippen molar-refractivity contribution in [1.82, 2.24) is 14.5 Å². The second-order valence-corrected chi connectivity index (χ2v) is 4.08. The van der Waals surface area contributed by atoms with E-state index in [4.69, 9.17) is 0 Å². The summed E-state index contributed by atoms with van der Waals surface area (Å²) in [5.41, 5.74) is 2.70. The van der Waals surface area contributed by atoms with Gasteiger partial charge in [0.1, 0.15) is 17.1 Å². The van der Waals surface area contributed by atoms with E-state index in [1.54, 1.807) is 18.3 Å². The van der Waals surface area contributed by atoms with Crippen molar-refractivity contribution >= 4 is 11.2 Å². The van der Waals surface area contributed by atoms with Crippen molar-refractivity contribution in [2.24, 2.45) is 0 Å². The molecule has 0 aliphatic heterocycles. The number of benzene rings is 1. The number of phenols is 1. The molecule has 0 spiro atoms. The predicted molar refractivity (Wildman–Crippen MR) is 69.9 cm³/mol. The monoisotopic (exact) mass is 239 g/mol. The lowest BCUT2D eigenvalue weighted by atomic mass is 10.3. The molecule has 4 heteroatoms. The largest absolute Gasteiger partial charge is 0.508 e. The quantitative estimate of drug-likeness (QED) is 0.748. The lowest BCUT2D eigenvalue weighted by Gasteiger charge is -2.07. The van der Waals surface area contributed by atoms with E-state index in [1.165, 1.54) is 0 Å². The van der Waals surface area contributed by atoms with Crippen LogP contribution in [0.5, 0.6) is 5.75 Å². The molecule has 0 aliphatic rings. The van der Waals surface area contributed by atoms with Crippen LogP contribution >= 0.6 is 0 Å².